The second kappa shape index (κ2) is 22.4. The highest BCUT2D eigenvalue weighted by Crippen LogP contribution is 2.28. The van der Waals surface area contributed by atoms with Crippen LogP contribution in [-0.4, -0.2) is 68.1 Å². The first-order valence-electron chi connectivity index (χ1n) is 13.5. The van der Waals surface area contributed by atoms with Gasteiger partial charge in [0.15, 0.2) is 0 Å². The second-order valence-corrected chi connectivity index (χ2v) is 11.6. The van der Waals surface area contributed by atoms with Crippen molar-refractivity contribution in [3.05, 3.63) is 56.5 Å². The summed E-state index contributed by atoms with van der Waals surface area (Å²) < 4.78 is 48.0. The van der Waals surface area contributed by atoms with E-state index in [2.05, 4.69) is 17.2 Å². The van der Waals surface area contributed by atoms with E-state index in [0.717, 1.165) is 13.0 Å². The van der Waals surface area contributed by atoms with Crippen molar-refractivity contribution >= 4 is 58.5 Å². The summed E-state index contributed by atoms with van der Waals surface area (Å²) in [5.41, 5.74) is -0.558. The summed E-state index contributed by atoms with van der Waals surface area (Å²) in [7, 11) is 0. The second-order valence-electron chi connectivity index (χ2n) is 9.93. The summed E-state index contributed by atoms with van der Waals surface area (Å²) in [4.78, 5) is 22.3. The van der Waals surface area contributed by atoms with E-state index in [0.29, 0.717) is 64.3 Å². The monoisotopic (exact) mass is 728 g/mol. The first kappa shape index (κ1) is 42.8. The lowest BCUT2D eigenvalue weighted by molar-refractivity contribution is -0.644. The van der Waals surface area contributed by atoms with Crippen LogP contribution in [0.15, 0.2) is 36.4 Å². The molecule has 0 aliphatic carbocycles. The van der Waals surface area contributed by atoms with Gasteiger partial charge in [0.1, 0.15) is 29.6 Å². The van der Waals surface area contributed by atoms with E-state index in [4.69, 9.17) is 83.4 Å². The van der Waals surface area contributed by atoms with Gasteiger partial charge in [-0.3, -0.25) is 4.90 Å². The van der Waals surface area contributed by atoms with Gasteiger partial charge in [-0.15, -0.1) is 12.8 Å². The number of carbonyl (C=O) groups excluding carboxylic acids is 2. The minimum absolute atomic E-state index is 0.191. The zero-order valence-electron chi connectivity index (χ0n) is 25.4. The highest BCUT2D eigenvalue weighted by atomic mass is 35.5. The summed E-state index contributed by atoms with van der Waals surface area (Å²) in [6.45, 7) is 8.74. The van der Waals surface area contributed by atoms with Crippen LogP contribution >= 0.6 is 46.4 Å². The van der Waals surface area contributed by atoms with Gasteiger partial charge in [-0.2, -0.15) is 13.2 Å². The molecule has 0 saturated carbocycles. The molecule has 15 heteroatoms. The third-order valence-electron chi connectivity index (χ3n) is 4.86. The number of benzene rings is 2. The average Bonchev–Trinajstić information content (AvgIpc) is 2.93. The number of quaternary nitrogens is 1. The van der Waals surface area contributed by atoms with Gasteiger partial charge in [-0.1, -0.05) is 52.3 Å². The van der Waals surface area contributed by atoms with E-state index >= 15 is 0 Å². The van der Waals surface area contributed by atoms with Crippen LogP contribution in [0.1, 0.15) is 33.6 Å². The topological polar surface area (TPSA) is 105 Å². The largest absolute Gasteiger partial charge is 0.542 e. The molecule has 2 N–H and O–H groups in total. The normalized spacial score (nSPS) is 10.5. The fourth-order valence-corrected chi connectivity index (χ4v) is 3.81. The number of carboxylic acids is 1. The summed E-state index contributed by atoms with van der Waals surface area (Å²) in [6.07, 6.45) is 6.33. The number of hydrogen-bond acceptors (Lipinski definition) is 6. The molecule has 2 rings (SSSR count). The van der Waals surface area contributed by atoms with Gasteiger partial charge in [-0.05, 0) is 69.5 Å². The van der Waals surface area contributed by atoms with Gasteiger partial charge in [0.05, 0.1) is 36.3 Å². The zero-order valence-corrected chi connectivity index (χ0v) is 28.4. The Morgan fingerprint density at radius 2 is 1.37 bits per heavy atom. The van der Waals surface area contributed by atoms with E-state index in [1.165, 1.54) is 4.90 Å². The van der Waals surface area contributed by atoms with E-state index < -0.39 is 23.8 Å². The number of hydrogen-bond donors (Lipinski definition) is 1. The lowest BCUT2D eigenvalue weighted by atomic mass is 10.2. The number of nitrogens with two attached hydrogens (primary N) is 1. The van der Waals surface area contributed by atoms with E-state index in [1.54, 1.807) is 36.4 Å². The molecule has 46 heavy (non-hydrogen) atoms. The van der Waals surface area contributed by atoms with Gasteiger partial charge in [0.2, 0.25) is 0 Å². The third kappa shape index (κ3) is 20.8. The standard InChI is InChI=1S/C17H21Cl2NO3.C12H13Cl2NO.C2HF3O2/c1-5-9-20(16(21)23-17(2,3)4)10-6-11-22-15-8-7-13(18)12-14(15)19;1-2-6-15-7-3-8-16-12-5-4-10(13)9-11(12)14;3-2(4,5)1(6)7/h1,7-8,12H,6,9-11H2,2-4H3;1,4-5,9,15H,3,6-8H2;(H,6,7). The van der Waals surface area contributed by atoms with Gasteiger partial charge in [-0.25, -0.2) is 4.79 Å². The van der Waals surface area contributed by atoms with Crippen molar-refractivity contribution in [2.75, 3.05) is 39.4 Å². The molecule has 2 aromatic rings. The smallest absolute Gasteiger partial charge is 0.430 e. The zero-order chi connectivity index (χ0) is 35.3. The van der Waals surface area contributed by atoms with Gasteiger partial charge >= 0.3 is 12.3 Å². The Hall–Kier alpha value is -3.19. The van der Waals surface area contributed by atoms with Crippen LogP contribution in [0.25, 0.3) is 0 Å². The molecule has 0 unspecified atom stereocenters. The van der Waals surface area contributed by atoms with Crippen LogP contribution in [0.4, 0.5) is 18.0 Å². The van der Waals surface area contributed by atoms with Crippen LogP contribution < -0.4 is 19.9 Å². The van der Waals surface area contributed by atoms with Gasteiger partial charge in [0.25, 0.3) is 0 Å². The summed E-state index contributed by atoms with van der Waals surface area (Å²) in [5.74, 6) is 3.23. The molecule has 0 saturated heterocycles. The molecular weight excluding hydrogens is 695 g/mol. The number of carboxylic acid groups (broad SMARTS) is 1. The molecule has 2 aromatic carbocycles. The summed E-state index contributed by atoms with van der Waals surface area (Å²) in [6, 6.07) is 10.2. The number of halogens is 7. The Kier molecular flexibility index (Phi) is 20.8. The average molecular weight is 730 g/mol. The minimum atomic E-state index is -5.19. The molecule has 0 aliphatic rings. The fraction of sp³-hybridized carbons (Fsp3) is 0.419. The van der Waals surface area contributed by atoms with Crippen LogP contribution in [0.2, 0.25) is 20.1 Å². The lowest BCUT2D eigenvalue weighted by Crippen LogP contribution is -2.84. The SMILES string of the molecule is C#CCN(CCCOc1ccc(Cl)cc1Cl)C(=O)OC(C)(C)C.C#CC[NH2+]CCCOc1ccc(Cl)cc1Cl.O=C([O-])C(F)(F)F. The van der Waals surface area contributed by atoms with E-state index in [1.807, 2.05) is 20.8 Å². The maximum atomic E-state index is 12.0. The predicted octanol–water partition coefficient (Wildman–Crippen LogP) is 5.89. The molecule has 0 radical (unpaired) electrons. The number of alkyl halides is 3. The molecule has 0 bridgehead atoms. The molecule has 254 valence electrons. The fourth-order valence-electron chi connectivity index (χ4n) is 2.89. The molecule has 1 amide bonds. The molecule has 0 aliphatic heterocycles. The maximum absolute atomic E-state index is 12.0. The van der Waals surface area contributed by atoms with Crippen LogP contribution in [0, 0.1) is 24.7 Å². The van der Waals surface area contributed by atoms with E-state index in [9.17, 15) is 18.0 Å². The van der Waals surface area contributed by atoms with Crippen molar-refractivity contribution in [3.8, 4) is 36.2 Å². The lowest BCUT2D eigenvalue weighted by Gasteiger charge is -2.26. The first-order chi connectivity index (χ1) is 21.4. The molecule has 0 aromatic heterocycles. The molecule has 0 fully saturated rings. The first-order valence-corrected chi connectivity index (χ1v) is 15.0. The van der Waals surface area contributed by atoms with Gasteiger partial charge in [0, 0.05) is 23.0 Å². The maximum Gasteiger partial charge on any atom is 0.430 e. The Morgan fingerprint density at radius 3 is 1.76 bits per heavy atom. The summed E-state index contributed by atoms with van der Waals surface area (Å²) in [5, 5.41) is 13.0. The predicted molar refractivity (Wildman–Crippen MR) is 171 cm³/mol. The number of amides is 1. The Labute approximate surface area is 287 Å². The molecule has 0 heterocycles. The van der Waals surface area contributed by atoms with Crippen molar-refractivity contribution in [2.24, 2.45) is 0 Å². The van der Waals surface area contributed by atoms with Crippen molar-refractivity contribution < 1.29 is 47.4 Å². The summed E-state index contributed by atoms with van der Waals surface area (Å²) >= 11 is 23.6. The third-order valence-corrected chi connectivity index (χ3v) is 5.92. The van der Waals surface area contributed by atoms with Crippen molar-refractivity contribution in [1.82, 2.24) is 4.90 Å². The van der Waals surface area contributed by atoms with Crippen molar-refractivity contribution in [1.29, 1.82) is 0 Å². The number of ether oxygens (including phenoxy) is 3. The Morgan fingerprint density at radius 1 is 0.891 bits per heavy atom. The number of terminal acetylenes is 2. The van der Waals surface area contributed by atoms with Gasteiger partial charge < -0.3 is 29.4 Å². The minimum Gasteiger partial charge on any atom is -0.542 e. The van der Waals surface area contributed by atoms with Crippen LogP contribution in [0.3, 0.4) is 0 Å². The Bertz CT molecular complexity index is 1330. The number of rotatable bonds is 12. The highest BCUT2D eigenvalue weighted by molar-refractivity contribution is 6.36. The molecule has 0 spiro atoms. The molecule has 8 nitrogen and oxygen atoms in total. The molecular formula is C31H35Cl4F3N2O6. The number of nitrogens with zero attached hydrogens (tertiary/aromatic N) is 1. The number of aliphatic carboxylic acids is 1. The Balaban J connectivity index is 0.000000759. The molecule has 0 atom stereocenters. The van der Waals surface area contributed by atoms with Crippen molar-refractivity contribution in [2.45, 2.75) is 45.4 Å². The van der Waals surface area contributed by atoms with Crippen LogP contribution in [-0.2, 0) is 9.53 Å². The quantitative estimate of drug-likeness (QED) is 0.216. The van der Waals surface area contributed by atoms with Crippen LogP contribution in [0.5, 0.6) is 11.5 Å². The van der Waals surface area contributed by atoms with E-state index in [-0.39, 0.29) is 6.54 Å². The van der Waals surface area contributed by atoms with Crippen molar-refractivity contribution in [3.63, 3.8) is 0 Å². The highest BCUT2D eigenvalue weighted by Gasteiger charge is 2.28. The number of carbonyl (C=O) groups is 2.